The van der Waals surface area contributed by atoms with Crippen molar-refractivity contribution < 1.29 is 0 Å². The molecule has 0 spiro atoms. The number of hydrogen-bond donors (Lipinski definition) is 0. The van der Waals surface area contributed by atoms with Gasteiger partial charge in [0, 0.05) is 33.2 Å². The van der Waals surface area contributed by atoms with Crippen molar-refractivity contribution in [1.29, 1.82) is 5.26 Å². The van der Waals surface area contributed by atoms with Gasteiger partial charge in [0.25, 0.3) is 0 Å². The van der Waals surface area contributed by atoms with Crippen LogP contribution in [0.2, 0.25) is 0 Å². The molecule has 1 aliphatic rings. The maximum absolute atomic E-state index is 9.45. The third kappa shape index (κ3) is 5.27. The van der Waals surface area contributed by atoms with Gasteiger partial charge in [-0.3, -0.25) is 0 Å². The Morgan fingerprint density at radius 1 is 0.500 bits per heavy atom. The van der Waals surface area contributed by atoms with Crippen LogP contribution in [0.3, 0.4) is 0 Å². The quantitative estimate of drug-likeness (QED) is 0.183. The summed E-state index contributed by atoms with van der Waals surface area (Å²) in [4.78, 5) is 15.2. The van der Waals surface area contributed by atoms with Gasteiger partial charge >= 0.3 is 0 Å². The zero-order valence-corrected chi connectivity index (χ0v) is 29.7. The van der Waals surface area contributed by atoms with Crippen molar-refractivity contribution in [1.82, 2.24) is 19.5 Å². The van der Waals surface area contributed by atoms with E-state index in [9.17, 15) is 5.26 Å². The highest BCUT2D eigenvalue weighted by Crippen LogP contribution is 2.50. The van der Waals surface area contributed by atoms with Gasteiger partial charge in [-0.25, -0.2) is 15.0 Å². The summed E-state index contributed by atoms with van der Waals surface area (Å²) in [5.41, 5.74) is 11.8. The van der Waals surface area contributed by atoms with Crippen LogP contribution in [0.15, 0.2) is 140 Å². The summed E-state index contributed by atoms with van der Waals surface area (Å²) < 4.78 is 2.36. The minimum absolute atomic E-state index is 0.0664. The fraction of sp³-hybridized carbons (Fsp3) is 0.149. The van der Waals surface area contributed by atoms with E-state index < -0.39 is 0 Å². The van der Waals surface area contributed by atoms with Crippen molar-refractivity contribution in [3.05, 3.63) is 156 Å². The summed E-state index contributed by atoms with van der Waals surface area (Å²) in [6.45, 7) is 9.45. The number of nitriles is 1. The Bertz CT molecular complexity index is 2660. The largest absolute Gasteiger partial charge is 0.309 e. The standard InChI is InChI=1S/C47H37N5/c1-46(2)29-47(3,4)40-27-33(22-23-39(40)46)34-24-35(26-36(25-34)52-41-16-10-8-14-37(41)38-15-9-11-17-42(38)52)45-50-43(31-12-6-5-7-13-31)49-44(51-45)32-20-18-30(28-48)19-21-32/h5-27H,29H2,1-4H3. The van der Waals surface area contributed by atoms with Crippen molar-refractivity contribution in [3.8, 4) is 57.0 Å². The van der Waals surface area contributed by atoms with Crippen LogP contribution in [-0.2, 0) is 10.8 Å². The van der Waals surface area contributed by atoms with E-state index in [-0.39, 0.29) is 10.8 Å². The highest BCUT2D eigenvalue weighted by molar-refractivity contribution is 6.09. The summed E-state index contributed by atoms with van der Waals surface area (Å²) in [5, 5.41) is 11.9. The Balaban J connectivity index is 1.32. The average molecular weight is 672 g/mol. The SMILES string of the molecule is CC1(C)CC(C)(C)c2cc(-c3cc(-c4nc(-c5ccccc5)nc(-c5ccc(C#N)cc5)n4)cc(-n4c5ccccc5c5ccccc54)c3)ccc21. The number of fused-ring (bicyclic) bond motifs is 4. The predicted octanol–water partition coefficient (Wildman–Crippen LogP) is 11.5. The van der Waals surface area contributed by atoms with Crippen molar-refractivity contribution >= 4 is 21.8 Å². The lowest BCUT2D eigenvalue weighted by Crippen LogP contribution is -2.17. The first-order valence-electron chi connectivity index (χ1n) is 17.8. The molecule has 0 bridgehead atoms. The van der Waals surface area contributed by atoms with E-state index in [4.69, 9.17) is 15.0 Å². The Morgan fingerprint density at radius 3 is 1.65 bits per heavy atom. The first kappa shape index (κ1) is 31.6. The monoisotopic (exact) mass is 671 g/mol. The Labute approximate surface area is 303 Å². The Kier molecular flexibility index (Phi) is 7.20. The molecule has 0 radical (unpaired) electrons. The number of hydrogen-bond acceptors (Lipinski definition) is 4. The molecule has 2 aromatic heterocycles. The second-order valence-corrected chi connectivity index (χ2v) is 15.2. The molecule has 0 fully saturated rings. The summed E-state index contributed by atoms with van der Waals surface area (Å²) in [6, 6.07) is 50.6. The van der Waals surface area contributed by atoms with Crippen LogP contribution >= 0.6 is 0 Å². The summed E-state index contributed by atoms with van der Waals surface area (Å²) >= 11 is 0. The lowest BCUT2D eigenvalue weighted by Gasteiger charge is -2.22. The highest BCUT2D eigenvalue weighted by atomic mass is 15.0. The highest BCUT2D eigenvalue weighted by Gasteiger charge is 2.41. The van der Waals surface area contributed by atoms with Gasteiger partial charge in [0.2, 0.25) is 0 Å². The van der Waals surface area contributed by atoms with Gasteiger partial charge in [-0.15, -0.1) is 0 Å². The zero-order chi connectivity index (χ0) is 35.6. The zero-order valence-electron chi connectivity index (χ0n) is 29.7. The van der Waals surface area contributed by atoms with E-state index in [1.54, 1.807) is 12.1 Å². The maximum Gasteiger partial charge on any atom is 0.164 e. The normalized spacial score (nSPS) is 14.4. The molecule has 2 heterocycles. The van der Waals surface area contributed by atoms with Crippen LogP contribution in [0.25, 0.3) is 72.8 Å². The minimum atomic E-state index is 0.0664. The van der Waals surface area contributed by atoms with E-state index in [0.717, 1.165) is 51.0 Å². The number of benzene rings is 6. The number of nitrogens with zero attached hydrogens (tertiary/aromatic N) is 5. The predicted molar refractivity (Wildman–Crippen MR) is 211 cm³/mol. The lowest BCUT2D eigenvalue weighted by molar-refractivity contribution is 0.403. The molecule has 250 valence electrons. The summed E-state index contributed by atoms with van der Waals surface area (Å²) in [7, 11) is 0. The maximum atomic E-state index is 9.45. The molecule has 5 nitrogen and oxygen atoms in total. The fourth-order valence-electron chi connectivity index (χ4n) is 8.45. The van der Waals surface area contributed by atoms with Crippen LogP contribution in [0.1, 0.15) is 50.8 Å². The van der Waals surface area contributed by atoms with Gasteiger partial charge in [0.15, 0.2) is 17.5 Å². The number of aromatic nitrogens is 4. The lowest BCUT2D eigenvalue weighted by atomic mass is 9.82. The third-order valence-corrected chi connectivity index (χ3v) is 10.6. The molecule has 0 aliphatic heterocycles. The number of rotatable bonds is 5. The molecule has 0 atom stereocenters. The molecule has 5 heteroatoms. The van der Waals surface area contributed by atoms with Gasteiger partial charge in [-0.05, 0) is 94.1 Å². The summed E-state index contributed by atoms with van der Waals surface area (Å²) in [6.07, 6.45) is 1.11. The smallest absolute Gasteiger partial charge is 0.164 e. The molecule has 1 aliphatic carbocycles. The van der Waals surface area contributed by atoms with Gasteiger partial charge < -0.3 is 4.57 Å². The van der Waals surface area contributed by atoms with Crippen LogP contribution in [-0.4, -0.2) is 19.5 Å². The van der Waals surface area contributed by atoms with E-state index in [2.05, 4.69) is 123 Å². The molecule has 8 aromatic rings. The van der Waals surface area contributed by atoms with Crippen molar-refractivity contribution in [2.45, 2.75) is 44.9 Å². The third-order valence-electron chi connectivity index (χ3n) is 10.6. The van der Waals surface area contributed by atoms with Crippen LogP contribution in [0, 0.1) is 11.3 Å². The molecule has 52 heavy (non-hydrogen) atoms. The topological polar surface area (TPSA) is 67.4 Å². The van der Waals surface area contributed by atoms with E-state index >= 15 is 0 Å². The molecular formula is C47H37N5. The summed E-state index contributed by atoms with van der Waals surface area (Å²) in [5.74, 6) is 1.73. The van der Waals surface area contributed by atoms with E-state index in [1.807, 2.05) is 42.5 Å². The van der Waals surface area contributed by atoms with Gasteiger partial charge in [-0.1, -0.05) is 113 Å². The Morgan fingerprint density at radius 2 is 1.02 bits per heavy atom. The number of para-hydroxylation sites is 2. The van der Waals surface area contributed by atoms with E-state index in [0.29, 0.717) is 23.0 Å². The molecule has 0 saturated carbocycles. The first-order valence-corrected chi connectivity index (χ1v) is 17.8. The first-order chi connectivity index (χ1) is 25.2. The van der Waals surface area contributed by atoms with Gasteiger partial charge in [0.05, 0.1) is 22.7 Å². The molecule has 0 saturated heterocycles. The van der Waals surface area contributed by atoms with Crippen molar-refractivity contribution in [2.75, 3.05) is 0 Å². The molecule has 0 amide bonds. The second kappa shape index (κ2) is 11.9. The molecule has 0 N–H and O–H groups in total. The second-order valence-electron chi connectivity index (χ2n) is 15.2. The van der Waals surface area contributed by atoms with E-state index in [1.165, 1.54) is 21.9 Å². The minimum Gasteiger partial charge on any atom is -0.309 e. The molecule has 6 aromatic carbocycles. The molecular weight excluding hydrogens is 635 g/mol. The fourth-order valence-corrected chi connectivity index (χ4v) is 8.45. The van der Waals surface area contributed by atoms with Crippen molar-refractivity contribution in [3.63, 3.8) is 0 Å². The van der Waals surface area contributed by atoms with Crippen LogP contribution in [0.4, 0.5) is 0 Å². The molecule has 9 rings (SSSR count). The average Bonchev–Trinajstić information content (AvgIpc) is 3.61. The van der Waals surface area contributed by atoms with Gasteiger partial charge in [-0.2, -0.15) is 5.26 Å². The van der Waals surface area contributed by atoms with Crippen LogP contribution < -0.4 is 0 Å². The molecule has 0 unspecified atom stereocenters. The Hall–Kier alpha value is -6.38. The van der Waals surface area contributed by atoms with Gasteiger partial charge in [0.1, 0.15) is 0 Å². The van der Waals surface area contributed by atoms with Crippen LogP contribution in [0.5, 0.6) is 0 Å². The van der Waals surface area contributed by atoms with Crippen molar-refractivity contribution in [2.24, 2.45) is 0 Å².